The Kier molecular flexibility index (Phi) is 9.49. The molecule has 1 aliphatic heterocycles. The third-order valence-electron chi connectivity index (χ3n) is 8.02. The van der Waals surface area contributed by atoms with Gasteiger partial charge in [-0.05, 0) is 34.4 Å². The number of hydrogen-bond acceptors (Lipinski definition) is 3. The number of carbonyl (C=O) groups is 1. The summed E-state index contributed by atoms with van der Waals surface area (Å²) in [5.74, 6) is -2.15. The maximum atomic E-state index is 13.1. The molecule has 1 saturated heterocycles. The van der Waals surface area contributed by atoms with Crippen LogP contribution in [0.15, 0.2) is 132 Å². The number of nitrogens with one attached hydrogen (secondary N) is 1. The minimum atomic E-state index is -4.96. The van der Waals surface area contributed by atoms with Crippen LogP contribution in [0, 0.1) is 0 Å². The Labute approximate surface area is 258 Å². The van der Waals surface area contributed by atoms with E-state index in [1.165, 1.54) is 0 Å². The lowest BCUT2D eigenvalue weighted by molar-refractivity contribution is -0.174. The molecule has 0 unspecified atom stereocenters. The molecule has 3 atom stereocenters. The van der Waals surface area contributed by atoms with Crippen LogP contribution >= 0.6 is 15.9 Å². The van der Waals surface area contributed by atoms with Crippen molar-refractivity contribution in [2.75, 3.05) is 19.7 Å². The molecule has 1 amide bonds. The topological polar surface area (TPSA) is 41.6 Å². The molecule has 0 spiro atoms. The SMILES string of the molecule is C=CCN1[C@H](CNC(=O)C(F)(F)F)[C@H](c2ccc(Br)cc2)[C@H]1COC(c1ccccc1)(c1ccccc1)c1ccccc1. The number of amides is 1. The number of nitrogens with zero attached hydrogens (tertiary/aromatic N) is 1. The van der Waals surface area contributed by atoms with Crippen molar-refractivity contribution in [3.63, 3.8) is 0 Å². The molecule has 222 valence electrons. The normalized spacial score (nSPS) is 18.9. The maximum absolute atomic E-state index is 13.1. The highest BCUT2D eigenvalue weighted by Gasteiger charge is 2.51. The van der Waals surface area contributed by atoms with Crippen LogP contribution in [0.3, 0.4) is 0 Å². The number of hydrogen-bond donors (Lipinski definition) is 1. The number of ether oxygens (including phenoxy) is 1. The van der Waals surface area contributed by atoms with Crippen molar-refractivity contribution in [1.29, 1.82) is 0 Å². The summed E-state index contributed by atoms with van der Waals surface area (Å²) in [6.45, 7) is 4.41. The second-order valence-corrected chi connectivity index (χ2v) is 11.4. The van der Waals surface area contributed by atoms with Gasteiger partial charge in [-0.15, -0.1) is 6.58 Å². The van der Waals surface area contributed by atoms with Gasteiger partial charge in [-0.25, -0.2) is 0 Å². The van der Waals surface area contributed by atoms with Crippen molar-refractivity contribution in [3.05, 3.63) is 155 Å². The van der Waals surface area contributed by atoms with Gasteiger partial charge in [-0.1, -0.05) is 125 Å². The summed E-state index contributed by atoms with van der Waals surface area (Å²) in [6, 6.07) is 37.2. The third kappa shape index (κ3) is 6.47. The summed E-state index contributed by atoms with van der Waals surface area (Å²) < 4.78 is 47.2. The van der Waals surface area contributed by atoms with Gasteiger partial charge in [-0.2, -0.15) is 13.2 Å². The minimum Gasteiger partial charge on any atom is -0.359 e. The van der Waals surface area contributed by atoms with E-state index in [1.807, 2.05) is 115 Å². The van der Waals surface area contributed by atoms with Crippen LogP contribution in [0.1, 0.15) is 28.2 Å². The van der Waals surface area contributed by atoms with E-state index in [1.54, 1.807) is 6.08 Å². The van der Waals surface area contributed by atoms with Gasteiger partial charge in [0.1, 0.15) is 5.60 Å². The molecule has 1 fully saturated rings. The lowest BCUT2D eigenvalue weighted by atomic mass is 9.74. The van der Waals surface area contributed by atoms with Crippen LogP contribution in [-0.4, -0.2) is 48.8 Å². The Morgan fingerprint density at radius 1 is 0.814 bits per heavy atom. The van der Waals surface area contributed by atoms with Crippen LogP contribution in [0.4, 0.5) is 13.2 Å². The Bertz CT molecular complexity index is 1400. The largest absolute Gasteiger partial charge is 0.471 e. The smallest absolute Gasteiger partial charge is 0.359 e. The first-order chi connectivity index (χ1) is 20.8. The fraction of sp³-hybridized carbons (Fsp3) is 0.229. The van der Waals surface area contributed by atoms with Crippen molar-refractivity contribution < 1.29 is 22.7 Å². The van der Waals surface area contributed by atoms with Crippen LogP contribution in [0.25, 0.3) is 0 Å². The number of alkyl halides is 3. The molecular formula is C35H32BrF3N2O2. The summed E-state index contributed by atoms with van der Waals surface area (Å²) in [5.41, 5.74) is 2.86. The fourth-order valence-corrected chi connectivity index (χ4v) is 6.35. The van der Waals surface area contributed by atoms with Crippen molar-refractivity contribution in [2.45, 2.75) is 29.8 Å². The Balaban J connectivity index is 1.55. The highest BCUT2D eigenvalue weighted by Crippen LogP contribution is 2.45. The van der Waals surface area contributed by atoms with Gasteiger partial charge in [0, 0.05) is 35.6 Å². The number of carbonyl (C=O) groups excluding carboxylic acids is 1. The molecule has 0 saturated carbocycles. The van der Waals surface area contributed by atoms with Gasteiger partial charge in [0.15, 0.2) is 0 Å². The molecule has 0 radical (unpaired) electrons. The number of likely N-dealkylation sites (tertiary alicyclic amines) is 1. The van der Waals surface area contributed by atoms with Gasteiger partial charge in [0.2, 0.25) is 0 Å². The summed E-state index contributed by atoms with van der Waals surface area (Å²) in [7, 11) is 0. The van der Waals surface area contributed by atoms with Gasteiger partial charge in [0.05, 0.1) is 6.61 Å². The monoisotopic (exact) mass is 648 g/mol. The average Bonchev–Trinajstić information content (AvgIpc) is 3.02. The highest BCUT2D eigenvalue weighted by molar-refractivity contribution is 9.10. The number of halogens is 4. The number of rotatable bonds is 11. The number of benzene rings is 4. The standard InChI is InChI=1S/C35H32BrF3N2O2/c1-2-22-41-30(23-40-33(42)35(37,38)39)32(25-18-20-29(36)21-19-25)31(41)24-43-34(26-12-6-3-7-13-26,27-14-8-4-9-15-27)28-16-10-5-11-17-28/h2-21,30-32H,1,22-24H2,(H,40,42)/t30-,31-,32+/m1/s1. The van der Waals surface area contributed by atoms with Crippen LogP contribution in [0.2, 0.25) is 0 Å². The average molecular weight is 650 g/mol. The summed E-state index contributed by atoms with van der Waals surface area (Å²) in [4.78, 5) is 13.8. The van der Waals surface area contributed by atoms with Crippen LogP contribution in [0.5, 0.6) is 0 Å². The van der Waals surface area contributed by atoms with Gasteiger partial charge in [-0.3, -0.25) is 9.69 Å². The molecule has 1 heterocycles. The first-order valence-electron chi connectivity index (χ1n) is 14.0. The first kappa shape index (κ1) is 30.7. The molecule has 0 aromatic heterocycles. The molecular weight excluding hydrogens is 617 g/mol. The predicted octanol–water partition coefficient (Wildman–Crippen LogP) is 7.46. The summed E-state index contributed by atoms with van der Waals surface area (Å²) >= 11 is 3.48. The summed E-state index contributed by atoms with van der Waals surface area (Å²) in [6.07, 6.45) is -3.23. The highest BCUT2D eigenvalue weighted by atomic mass is 79.9. The van der Waals surface area contributed by atoms with Crippen molar-refractivity contribution >= 4 is 21.8 Å². The Morgan fingerprint density at radius 3 is 1.74 bits per heavy atom. The van der Waals surface area contributed by atoms with E-state index in [4.69, 9.17) is 4.74 Å². The third-order valence-corrected chi connectivity index (χ3v) is 8.55. The van der Waals surface area contributed by atoms with E-state index in [-0.39, 0.29) is 25.1 Å². The zero-order valence-electron chi connectivity index (χ0n) is 23.4. The Hall–Kier alpha value is -3.72. The van der Waals surface area contributed by atoms with Crippen LogP contribution in [-0.2, 0) is 15.1 Å². The quantitative estimate of drug-likeness (QED) is 0.136. The molecule has 1 aliphatic rings. The van der Waals surface area contributed by atoms with Crippen molar-refractivity contribution in [2.24, 2.45) is 0 Å². The molecule has 0 bridgehead atoms. The van der Waals surface area contributed by atoms with E-state index in [2.05, 4.69) is 32.7 Å². The summed E-state index contributed by atoms with van der Waals surface area (Å²) in [5, 5.41) is 2.10. The molecule has 4 aromatic rings. The van der Waals surface area contributed by atoms with Gasteiger partial charge >= 0.3 is 12.1 Å². The molecule has 4 nitrogen and oxygen atoms in total. The molecule has 5 rings (SSSR count). The zero-order chi connectivity index (χ0) is 30.5. The molecule has 0 aliphatic carbocycles. The van der Waals surface area contributed by atoms with E-state index in [0.717, 1.165) is 26.7 Å². The van der Waals surface area contributed by atoms with E-state index < -0.39 is 23.7 Å². The molecule has 4 aromatic carbocycles. The predicted molar refractivity (Wildman–Crippen MR) is 166 cm³/mol. The lowest BCUT2D eigenvalue weighted by Gasteiger charge is -2.56. The maximum Gasteiger partial charge on any atom is 0.471 e. The lowest BCUT2D eigenvalue weighted by Crippen LogP contribution is -2.67. The minimum absolute atomic E-state index is 0.162. The van der Waals surface area contributed by atoms with E-state index in [9.17, 15) is 18.0 Å². The van der Waals surface area contributed by atoms with Crippen LogP contribution < -0.4 is 5.32 Å². The molecule has 43 heavy (non-hydrogen) atoms. The second-order valence-electron chi connectivity index (χ2n) is 10.5. The second kappa shape index (κ2) is 13.3. The fourth-order valence-electron chi connectivity index (χ4n) is 6.08. The zero-order valence-corrected chi connectivity index (χ0v) is 25.0. The molecule has 8 heteroatoms. The van der Waals surface area contributed by atoms with E-state index in [0.29, 0.717) is 6.54 Å². The van der Waals surface area contributed by atoms with Gasteiger partial charge in [0.25, 0.3) is 0 Å². The van der Waals surface area contributed by atoms with Crippen molar-refractivity contribution in [1.82, 2.24) is 10.2 Å². The Morgan fingerprint density at radius 2 is 1.30 bits per heavy atom. The first-order valence-corrected chi connectivity index (χ1v) is 14.8. The van der Waals surface area contributed by atoms with E-state index >= 15 is 0 Å². The van der Waals surface area contributed by atoms with Gasteiger partial charge < -0.3 is 10.1 Å². The van der Waals surface area contributed by atoms with Crippen molar-refractivity contribution in [3.8, 4) is 0 Å². The molecule has 1 N–H and O–H groups in total.